The highest BCUT2D eigenvalue weighted by atomic mass is 16.3. The van der Waals surface area contributed by atoms with Crippen molar-refractivity contribution in [3.05, 3.63) is 72.1 Å². The monoisotopic (exact) mass is 1220 g/mol. The Bertz CT molecular complexity index is 3410. The number of benzene rings is 2. The number of fused-ring (bicyclic) bond motifs is 4. The van der Waals surface area contributed by atoms with E-state index in [1.807, 2.05) is 0 Å². The maximum atomic E-state index is 14.8. The van der Waals surface area contributed by atoms with E-state index in [1.54, 1.807) is 62.4 Å². The molecule has 8 rings (SSSR count). The van der Waals surface area contributed by atoms with Crippen LogP contribution in [0.15, 0.2) is 60.7 Å². The maximum Gasteiger partial charge on any atom is 0.274 e. The minimum absolute atomic E-state index is 0.0144. The van der Waals surface area contributed by atoms with E-state index in [2.05, 4.69) is 41.9 Å². The van der Waals surface area contributed by atoms with Crippen LogP contribution >= 0.6 is 0 Å². The lowest BCUT2D eigenvalue weighted by Crippen LogP contribution is -2.66. The number of rotatable bonds is 5. The summed E-state index contributed by atoms with van der Waals surface area (Å²) in [7, 11) is 5.36. The quantitative estimate of drug-likeness (QED) is 0.120. The van der Waals surface area contributed by atoms with Crippen LogP contribution in [0.4, 0.5) is 0 Å². The Kier molecular flexibility index (Phi) is 20.4. The predicted octanol–water partition coefficient (Wildman–Crippen LogP) is -0.887. The number of nitrogens with one attached hydrogen (secondary N) is 6. The third-order valence-corrected chi connectivity index (χ3v) is 16.9. The lowest BCUT2D eigenvalue weighted by Gasteiger charge is -2.47. The highest BCUT2D eigenvalue weighted by Gasteiger charge is 2.50. The minimum atomic E-state index is -1.61. The van der Waals surface area contributed by atoms with E-state index in [4.69, 9.17) is 0 Å². The Balaban J connectivity index is 1.07. The van der Waals surface area contributed by atoms with Crippen LogP contribution in [-0.2, 0) is 47.9 Å². The first kappa shape index (κ1) is 64.5. The van der Waals surface area contributed by atoms with Crippen molar-refractivity contribution in [2.75, 3.05) is 80.5 Å². The average Bonchev–Trinajstić information content (AvgIpc) is 2.44. The van der Waals surface area contributed by atoms with Gasteiger partial charge in [0.2, 0.25) is 59.1 Å². The summed E-state index contributed by atoms with van der Waals surface area (Å²) in [6, 6.07) is 9.23. The van der Waals surface area contributed by atoms with Crippen molar-refractivity contribution < 1.29 is 67.7 Å². The van der Waals surface area contributed by atoms with Gasteiger partial charge in [-0.1, -0.05) is 50.2 Å². The summed E-state index contributed by atoms with van der Waals surface area (Å²) in [6.07, 6.45) is 2.97. The molecule has 1 spiro atoms. The second kappa shape index (κ2) is 27.9. The molecule has 0 unspecified atom stereocenters. The van der Waals surface area contributed by atoms with Crippen molar-refractivity contribution >= 4 is 92.7 Å². The summed E-state index contributed by atoms with van der Waals surface area (Å²) in [5.74, 6) is -10.9. The molecular weight excluding hydrogens is 1140 g/mol. The number of hydrogen-bond donors (Lipinski definition) is 8. The summed E-state index contributed by atoms with van der Waals surface area (Å²) in [5, 5.41) is 38.7. The number of piperidine rings is 2. The standard InChI is InChI=1S/C60H76N14O14/c1-34(2)51-56(85)61-28-39(67-54(83)49-43(75)26-35-16-7-9-18-37(35)65-49)57(86)73-24-13-11-20-41(73)52(81)63-31-46(78)70(4)33-48(80)72(6)60(22-15-23-60)59(88)64-29-40(68-55(84)50-44(76)27-36-17-8-10-19-38(36)66-50)58(87)74-25-14-12-21-42(74)53(82)62-30-45(77)69(3)32-47(79)71(51)5/h7-10,16-19,26-27,34,39-42,51,75-76H,11-15,20-25,28-33H2,1-6H3,(H,61,85)(H,62,82)(H,63,81)(H,64,88)(H,67,83)(H,68,84)/t39-,40-,41+,42+,51+/m1/s1. The first-order chi connectivity index (χ1) is 41.9. The third kappa shape index (κ3) is 14.3. The molecule has 2 aromatic carbocycles. The predicted molar refractivity (Wildman–Crippen MR) is 316 cm³/mol. The number of carbonyl (C=O) groups is 12. The molecule has 5 atom stereocenters. The number of pyridine rings is 2. The first-order valence-electron chi connectivity index (χ1n) is 29.4. The zero-order chi connectivity index (χ0) is 63.7. The minimum Gasteiger partial charge on any atom is -0.505 e. The van der Waals surface area contributed by atoms with Crippen LogP contribution in [0.5, 0.6) is 11.5 Å². The van der Waals surface area contributed by atoms with Crippen LogP contribution in [0.3, 0.4) is 0 Å². The van der Waals surface area contributed by atoms with Crippen molar-refractivity contribution in [3.63, 3.8) is 0 Å². The van der Waals surface area contributed by atoms with Crippen molar-refractivity contribution in [1.82, 2.24) is 71.3 Å². The Labute approximate surface area is 507 Å². The van der Waals surface area contributed by atoms with E-state index < -0.39 is 175 Å². The highest BCUT2D eigenvalue weighted by molar-refractivity contribution is 6.03. The second-order valence-corrected chi connectivity index (χ2v) is 23.2. The van der Waals surface area contributed by atoms with Gasteiger partial charge in [0.15, 0.2) is 11.4 Å². The SMILES string of the molecule is CC(C)[C@H]1C(=O)NC[C@@H](NC(=O)c2nc3ccccc3cc2O)C(=O)N2CCCC[C@H]2C(=O)NCC(=O)N(C)CC(=O)N(C)C2(CCC2)C(=O)NC[C@@H](NC(=O)c2nc3ccccc3cc2O)C(=O)N2CCCC[C@H]2C(=O)NCC(=O)N(C)CC(=O)N1C. The highest BCUT2D eigenvalue weighted by Crippen LogP contribution is 2.37. The zero-order valence-corrected chi connectivity index (χ0v) is 50.1. The smallest absolute Gasteiger partial charge is 0.274 e. The van der Waals surface area contributed by atoms with E-state index in [0.29, 0.717) is 53.9 Å². The van der Waals surface area contributed by atoms with E-state index in [0.717, 1.165) is 14.7 Å². The fraction of sp³-hybridized carbons (Fsp3) is 0.500. The third-order valence-electron chi connectivity index (χ3n) is 16.9. The molecule has 88 heavy (non-hydrogen) atoms. The number of carbonyl (C=O) groups excluding carboxylic acids is 12. The fourth-order valence-electron chi connectivity index (χ4n) is 11.6. The van der Waals surface area contributed by atoms with Crippen LogP contribution < -0.4 is 31.9 Å². The Morgan fingerprint density at radius 3 is 1.45 bits per heavy atom. The summed E-state index contributed by atoms with van der Waals surface area (Å²) in [4.78, 5) is 186. The summed E-state index contributed by atoms with van der Waals surface area (Å²) < 4.78 is 0. The molecule has 5 heterocycles. The van der Waals surface area contributed by atoms with Gasteiger partial charge in [-0.2, -0.15) is 0 Å². The van der Waals surface area contributed by atoms with Gasteiger partial charge in [-0.05, 0) is 88.0 Å². The van der Waals surface area contributed by atoms with Gasteiger partial charge in [-0.25, -0.2) is 9.97 Å². The van der Waals surface area contributed by atoms with Crippen molar-refractivity contribution in [2.45, 2.75) is 107 Å². The molecule has 0 bridgehead atoms. The molecule has 8 N–H and O–H groups in total. The number of aromatic nitrogens is 2. The van der Waals surface area contributed by atoms with Crippen LogP contribution in [0, 0.1) is 5.92 Å². The van der Waals surface area contributed by atoms with Gasteiger partial charge in [0.05, 0.1) is 37.2 Å². The zero-order valence-electron chi connectivity index (χ0n) is 50.1. The second-order valence-electron chi connectivity index (χ2n) is 23.2. The van der Waals surface area contributed by atoms with Crippen LogP contribution in [-0.4, -0.2) is 237 Å². The van der Waals surface area contributed by atoms with E-state index in [9.17, 15) is 67.7 Å². The number of nitrogens with zero attached hydrogens (tertiary/aromatic N) is 8. The normalized spacial score (nSPS) is 23.3. The molecule has 4 fully saturated rings. The molecule has 28 nitrogen and oxygen atoms in total. The van der Waals surface area contributed by atoms with Gasteiger partial charge in [0.1, 0.15) is 47.2 Å². The fourth-order valence-corrected chi connectivity index (χ4v) is 11.6. The topological polar surface area (TPSA) is 363 Å². The number of aromatic hydroxyl groups is 2. The molecule has 2 aromatic heterocycles. The molecule has 3 saturated heterocycles. The average molecular weight is 1220 g/mol. The summed E-state index contributed by atoms with van der Waals surface area (Å²) >= 11 is 0. The molecule has 4 aromatic rings. The van der Waals surface area contributed by atoms with Gasteiger partial charge >= 0.3 is 0 Å². The molecule has 1 saturated carbocycles. The first-order valence-corrected chi connectivity index (χ1v) is 29.4. The van der Waals surface area contributed by atoms with E-state index in [-0.39, 0.29) is 38.8 Å². The van der Waals surface area contributed by atoms with Crippen LogP contribution in [0.25, 0.3) is 21.8 Å². The molecule has 28 heteroatoms. The van der Waals surface area contributed by atoms with E-state index in [1.165, 1.54) is 55.0 Å². The largest absolute Gasteiger partial charge is 0.505 e. The van der Waals surface area contributed by atoms with Crippen molar-refractivity contribution in [2.24, 2.45) is 5.92 Å². The van der Waals surface area contributed by atoms with Gasteiger partial charge in [-0.15, -0.1) is 0 Å². The van der Waals surface area contributed by atoms with Gasteiger partial charge in [0, 0.05) is 65.1 Å². The van der Waals surface area contributed by atoms with E-state index >= 15 is 0 Å². The Morgan fingerprint density at radius 1 is 0.568 bits per heavy atom. The lowest BCUT2D eigenvalue weighted by atomic mass is 9.74. The number of para-hydroxylation sites is 2. The lowest BCUT2D eigenvalue weighted by molar-refractivity contribution is -0.153. The summed E-state index contributed by atoms with van der Waals surface area (Å²) in [6.45, 7) is -0.191. The number of amides is 12. The maximum absolute atomic E-state index is 14.8. The van der Waals surface area contributed by atoms with Crippen LogP contribution in [0.2, 0.25) is 0 Å². The van der Waals surface area contributed by atoms with Crippen LogP contribution in [0.1, 0.15) is 92.6 Å². The molecule has 0 radical (unpaired) electrons. The molecule has 12 amide bonds. The Hall–Kier alpha value is -9.50. The van der Waals surface area contributed by atoms with Crippen molar-refractivity contribution in [1.29, 1.82) is 0 Å². The van der Waals surface area contributed by atoms with Gasteiger partial charge in [0.25, 0.3) is 11.8 Å². The molecule has 470 valence electrons. The van der Waals surface area contributed by atoms with Gasteiger partial charge in [-0.3, -0.25) is 57.5 Å². The molecule has 4 aliphatic rings. The molecule has 1 aliphatic carbocycles. The van der Waals surface area contributed by atoms with Gasteiger partial charge < -0.3 is 71.5 Å². The summed E-state index contributed by atoms with van der Waals surface area (Å²) in [5.41, 5.74) is -1.64. The number of likely N-dealkylation sites (N-methyl/N-ethyl adjacent to an activating group) is 4. The molecular formula is C60H76N14O14. The Morgan fingerprint density at radius 2 is 1.01 bits per heavy atom. The number of hydrogen-bond acceptors (Lipinski definition) is 16. The van der Waals surface area contributed by atoms with Crippen molar-refractivity contribution in [3.8, 4) is 11.5 Å². The molecule has 3 aliphatic heterocycles.